The van der Waals surface area contributed by atoms with Gasteiger partial charge in [0.2, 0.25) is 0 Å². The highest BCUT2D eigenvalue weighted by atomic mass is 16.4. The highest BCUT2D eigenvalue weighted by Crippen LogP contribution is 2.35. The number of hydrogen-bond donors (Lipinski definition) is 2. The van der Waals surface area contributed by atoms with Gasteiger partial charge in [-0.15, -0.1) is 0 Å². The van der Waals surface area contributed by atoms with E-state index in [0.29, 0.717) is 16.9 Å². The van der Waals surface area contributed by atoms with Gasteiger partial charge in [0.05, 0.1) is 0 Å². The summed E-state index contributed by atoms with van der Waals surface area (Å²) in [4.78, 5) is 10.3. The Bertz CT molecular complexity index is 496. The molecule has 0 atom stereocenters. The lowest BCUT2D eigenvalue weighted by atomic mass is 10.1. The average Bonchev–Trinajstić information content (AvgIpc) is 2.66. The molecule has 0 radical (unpaired) electrons. The summed E-state index contributed by atoms with van der Waals surface area (Å²) < 4.78 is 5.08. The molecule has 2 rings (SSSR count). The fourth-order valence-electron chi connectivity index (χ4n) is 1.38. The van der Waals surface area contributed by atoms with Gasteiger partial charge in [0.15, 0.2) is 5.75 Å². The second kappa shape index (κ2) is 3.49. The van der Waals surface area contributed by atoms with Gasteiger partial charge < -0.3 is 14.6 Å². The number of aliphatic carboxylic acids is 1. The van der Waals surface area contributed by atoms with Crippen molar-refractivity contribution < 1.29 is 19.4 Å². The molecule has 1 aliphatic carbocycles. The molecule has 0 saturated carbocycles. The second-order valence-corrected chi connectivity index (χ2v) is 3.01. The van der Waals surface area contributed by atoms with Crippen LogP contribution in [0.15, 0.2) is 35.0 Å². The van der Waals surface area contributed by atoms with Crippen LogP contribution in [0.25, 0.3) is 17.2 Å². The Morgan fingerprint density at radius 3 is 2.80 bits per heavy atom. The number of fused-ring (bicyclic) bond motifs is 1. The maximum atomic E-state index is 10.3. The molecule has 0 aromatic heterocycles. The molecule has 2 N–H and O–H groups in total. The summed E-state index contributed by atoms with van der Waals surface area (Å²) in [6.07, 6.45) is 3.52. The Labute approximate surface area is 85.4 Å². The Kier molecular flexibility index (Phi) is 2.17. The third-order valence-electron chi connectivity index (χ3n) is 2.03. The zero-order valence-corrected chi connectivity index (χ0v) is 7.68. The molecular weight excluding hydrogens is 196 g/mol. The van der Waals surface area contributed by atoms with Crippen molar-refractivity contribution in [1.82, 2.24) is 0 Å². The van der Waals surface area contributed by atoms with Crippen LogP contribution in [-0.2, 0) is 4.79 Å². The summed E-state index contributed by atoms with van der Waals surface area (Å²) in [5, 5.41) is 17.9. The zero-order valence-electron chi connectivity index (χ0n) is 7.68. The van der Waals surface area contributed by atoms with Gasteiger partial charge in [0, 0.05) is 17.2 Å². The van der Waals surface area contributed by atoms with E-state index in [1.807, 2.05) is 0 Å². The van der Waals surface area contributed by atoms with E-state index in [4.69, 9.17) is 9.52 Å². The minimum absolute atomic E-state index is 0.0440. The van der Waals surface area contributed by atoms with E-state index in [1.54, 1.807) is 18.2 Å². The largest absolute Gasteiger partial charge is 0.504 e. The van der Waals surface area contributed by atoms with E-state index < -0.39 is 5.97 Å². The molecule has 0 spiro atoms. The summed E-state index contributed by atoms with van der Waals surface area (Å²) in [7, 11) is 0. The van der Waals surface area contributed by atoms with Crippen LogP contribution in [0.3, 0.4) is 0 Å². The third-order valence-corrected chi connectivity index (χ3v) is 2.03. The van der Waals surface area contributed by atoms with Crippen molar-refractivity contribution in [3.63, 3.8) is 0 Å². The van der Waals surface area contributed by atoms with Crippen LogP contribution < -0.4 is 0 Å². The lowest BCUT2D eigenvalue weighted by Crippen LogP contribution is -1.87. The fourth-order valence-corrected chi connectivity index (χ4v) is 1.38. The number of aromatic hydroxyl groups is 1. The molecular formula is C11H8O4. The lowest BCUT2D eigenvalue weighted by Gasteiger charge is -2.04. The summed E-state index contributed by atoms with van der Waals surface area (Å²) in [5.74, 6) is -0.587. The van der Waals surface area contributed by atoms with Gasteiger partial charge in [-0.3, -0.25) is 0 Å². The number of carbonyl (C=O) groups is 1. The van der Waals surface area contributed by atoms with E-state index in [0.717, 1.165) is 6.08 Å². The Hall–Kier alpha value is -2.23. The Balaban J connectivity index is 2.50. The summed E-state index contributed by atoms with van der Waals surface area (Å²) >= 11 is 0. The monoisotopic (exact) mass is 204 g/mol. The molecule has 0 aromatic carbocycles. The molecule has 2 aliphatic rings. The normalized spacial score (nSPS) is 11.2. The molecule has 1 heterocycles. The zero-order chi connectivity index (χ0) is 10.8. The van der Waals surface area contributed by atoms with Crippen LogP contribution in [0.5, 0.6) is 5.75 Å². The molecule has 4 nitrogen and oxygen atoms in total. The predicted octanol–water partition coefficient (Wildman–Crippen LogP) is 2.19. The average molecular weight is 204 g/mol. The van der Waals surface area contributed by atoms with Gasteiger partial charge in [-0.1, -0.05) is 18.2 Å². The SMILES string of the molecule is O=C(O)C=Cc1occ(O)c2cccc1-2. The van der Waals surface area contributed by atoms with Crippen molar-refractivity contribution >= 4 is 12.0 Å². The van der Waals surface area contributed by atoms with Gasteiger partial charge in [-0.25, -0.2) is 4.79 Å². The van der Waals surface area contributed by atoms with Gasteiger partial charge >= 0.3 is 5.97 Å². The maximum Gasteiger partial charge on any atom is 0.328 e. The number of hydrogen-bond acceptors (Lipinski definition) is 3. The van der Waals surface area contributed by atoms with Gasteiger partial charge in [0.1, 0.15) is 12.0 Å². The van der Waals surface area contributed by atoms with Crippen molar-refractivity contribution in [2.75, 3.05) is 0 Å². The topological polar surface area (TPSA) is 70.7 Å². The first-order chi connectivity index (χ1) is 7.18. The standard InChI is InChI=1S/C11H8O4/c12-9-6-15-10(4-5-11(13)14)8-3-1-2-7(8)9/h1-6,12H,(H,13,14). The van der Waals surface area contributed by atoms with Crippen LogP contribution >= 0.6 is 0 Å². The van der Waals surface area contributed by atoms with E-state index in [2.05, 4.69) is 0 Å². The minimum atomic E-state index is -1.04. The molecule has 0 fully saturated rings. The van der Waals surface area contributed by atoms with E-state index >= 15 is 0 Å². The van der Waals surface area contributed by atoms with Crippen molar-refractivity contribution in [3.8, 4) is 16.9 Å². The third kappa shape index (κ3) is 1.69. The quantitative estimate of drug-likeness (QED) is 0.735. The Morgan fingerprint density at radius 1 is 1.33 bits per heavy atom. The van der Waals surface area contributed by atoms with Gasteiger partial charge in [-0.05, 0) is 6.08 Å². The molecule has 0 bridgehead atoms. The molecule has 76 valence electrons. The first-order valence-electron chi connectivity index (χ1n) is 4.28. The van der Waals surface area contributed by atoms with Crippen LogP contribution in [0, 0.1) is 0 Å². The fraction of sp³-hybridized carbons (Fsp3) is 0. The number of rotatable bonds is 2. The summed E-state index contributed by atoms with van der Waals surface area (Å²) in [5.41, 5.74) is 1.33. The number of carboxylic acids is 1. The molecule has 0 aromatic rings. The van der Waals surface area contributed by atoms with Crippen molar-refractivity contribution in [2.24, 2.45) is 0 Å². The maximum absolute atomic E-state index is 10.3. The molecule has 15 heavy (non-hydrogen) atoms. The van der Waals surface area contributed by atoms with Crippen molar-refractivity contribution in [1.29, 1.82) is 0 Å². The molecule has 1 aliphatic heterocycles. The molecule has 0 amide bonds. The Morgan fingerprint density at radius 2 is 2.07 bits per heavy atom. The lowest BCUT2D eigenvalue weighted by molar-refractivity contribution is -0.131. The van der Waals surface area contributed by atoms with E-state index in [1.165, 1.54) is 12.3 Å². The van der Waals surface area contributed by atoms with Crippen LogP contribution in [0.1, 0.15) is 5.76 Å². The highest BCUT2D eigenvalue weighted by Gasteiger charge is 2.12. The van der Waals surface area contributed by atoms with E-state index in [-0.39, 0.29) is 5.75 Å². The van der Waals surface area contributed by atoms with Crippen LogP contribution in [0.4, 0.5) is 0 Å². The summed E-state index contributed by atoms with van der Waals surface area (Å²) in [6, 6.07) is 5.25. The second-order valence-electron chi connectivity index (χ2n) is 3.01. The van der Waals surface area contributed by atoms with Crippen LogP contribution in [0.2, 0.25) is 0 Å². The minimum Gasteiger partial charge on any atom is -0.504 e. The first kappa shape index (κ1) is 9.33. The van der Waals surface area contributed by atoms with Crippen LogP contribution in [-0.4, -0.2) is 16.2 Å². The molecule has 0 unspecified atom stereocenters. The molecule has 0 saturated heterocycles. The van der Waals surface area contributed by atoms with Crippen molar-refractivity contribution in [2.45, 2.75) is 0 Å². The smallest absolute Gasteiger partial charge is 0.328 e. The van der Waals surface area contributed by atoms with Gasteiger partial charge in [-0.2, -0.15) is 0 Å². The molecule has 4 heteroatoms. The van der Waals surface area contributed by atoms with E-state index in [9.17, 15) is 9.90 Å². The first-order valence-corrected chi connectivity index (χ1v) is 4.28. The highest BCUT2D eigenvalue weighted by molar-refractivity contribution is 5.87. The number of carboxylic acid groups (broad SMARTS) is 1. The summed E-state index contributed by atoms with van der Waals surface area (Å²) in [6.45, 7) is 0. The van der Waals surface area contributed by atoms with Crippen molar-refractivity contribution in [3.05, 3.63) is 36.3 Å². The predicted molar refractivity (Wildman–Crippen MR) is 53.7 cm³/mol. The van der Waals surface area contributed by atoms with Gasteiger partial charge in [0.25, 0.3) is 0 Å².